The van der Waals surface area contributed by atoms with Gasteiger partial charge in [0.05, 0.1) is 10.7 Å². The Hall–Kier alpha value is -1.68. The Morgan fingerprint density at radius 1 is 1.19 bits per heavy atom. The Labute approximate surface area is 130 Å². The van der Waals surface area contributed by atoms with Gasteiger partial charge in [-0.2, -0.15) is 0 Å². The molecular weight excluding hydrogens is 284 g/mol. The zero-order valence-corrected chi connectivity index (χ0v) is 12.8. The first kappa shape index (κ1) is 14.3. The van der Waals surface area contributed by atoms with Crippen molar-refractivity contribution in [3.8, 4) is 11.3 Å². The molecule has 0 unspecified atom stereocenters. The maximum Gasteiger partial charge on any atom is 0.223 e. The summed E-state index contributed by atoms with van der Waals surface area (Å²) in [6.07, 6.45) is 10.1. The van der Waals surface area contributed by atoms with Crippen molar-refractivity contribution in [1.29, 1.82) is 0 Å². The first-order valence-corrected chi connectivity index (χ1v) is 7.79. The molecule has 0 bridgehead atoms. The molecule has 2 aromatic heterocycles. The number of rotatable bonds is 3. The van der Waals surface area contributed by atoms with E-state index in [-0.39, 0.29) is 0 Å². The molecule has 0 spiro atoms. The zero-order valence-electron chi connectivity index (χ0n) is 12.1. The van der Waals surface area contributed by atoms with Crippen LogP contribution in [-0.4, -0.2) is 21.0 Å². The highest BCUT2D eigenvalue weighted by molar-refractivity contribution is 6.30. The van der Waals surface area contributed by atoms with Gasteiger partial charge in [-0.25, -0.2) is 9.97 Å². The molecule has 1 fully saturated rings. The van der Waals surface area contributed by atoms with E-state index in [9.17, 15) is 0 Å². The summed E-state index contributed by atoms with van der Waals surface area (Å²) in [6, 6.07) is 4.22. The van der Waals surface area contributed by atoms with E-state index >= 15 is 0 Å². The monoisotopic (exact) mass is 302 g/mol. The van der Waals surface area contributed by atoms with Crippen molar-refractivity contribution in [2.45, 2.75) is 38.6 Å². The second-order valence-electron chi connectivity index (χ2n) is 5.76. The van der Waals surface area contributed by atoms with Crippen molar-refractivity contribution in [2.24, 2.45) is 5.92 Å². The molecule has 110 valence electrons. The van der Waals surface area contributed by atoms with Gasteiger partial charge in [0.15, 0.2) is 0 Å². The largest absolute Gasteiger partial charge is 0.351 e. The van der Waals surface area contributed by atoms with Crippen molar-refractivity contribution in [1.82, 2.24) is 15.0 Å². The average molecular weight is 303 g/mol. The Kier molecular flexibility index (Phi) is 4.34. The third kappa shape index (κ3) is 3.70. The Morgan fingerprint density at radius 3 is 2.76 bits per heavy atom. The van der Waals surface area contributed by atoms with Gasteiger partial charge in [0.1, 0.15) is 0 Å². The van der Waals surface area contributed by atoms with Crippen LogP contribution in [0.5, 0.6) is 0 Å². The van der Waals surface area contributed by atoms with E-state index in [2.05, 4.69) is 27.2 Å². The molecule has 3 rings (SSSR count). The summed E-state index contributed by atoms with van der Waals surface area (Å²) < 4.78 is 0. The predicted molar refractivity (Wildman–Crippen MR) is 85.3 cm³/mol. The van der Waals surface area contributed by atoms with E-state index in [1.807, 2.05) is 12.1 Å². The predicted octanol–water partition coefficient (Wildman–Crippen LogP) is 4.18. The summed E-state index contributed by atoms with van der Waals surface area (Å²) in [5, 5.41) is 4.06. The molecule has 1 saturated carbocycles. The van der Waals surface area contributed by atoms with Gasteiger partial charge in [0.2, 0.25) is 5.95 Å². The average Bonchev–Trinajstić information content (AvgIpc) is 2.50. The fourth-order valence-corrected chi connectivity index (χ4v) is 2.90. The van der Waals surface area contributed by atoms with Gasteiger partial charge in [-0.05, 0) is 43.7 Å². The van der Waals surface area contributed by atoms with Crippen LogP contribution >= 0.6 is 11.6 Å². The number of anilines is 1. The molecule has 5 heteroatoms. The van der Waals surface area contributed by atoms with Crippen molar-refractivity contribution in [2.75, 3.05) is 5.32 Å². The fourth-order valence-electron chi connectivity index (χ4n) is 2.73. The second kappa shape index (κ2) is 6.39. The summed E-state index contributed by atoms with van der Waals surface area (Å²) in [4.78, 5) is 13.0. The quantitative estimate of drug-likeness (QED) is 0.924. The van der Waals surface area contributed by atoms with Gasteiger partial charge in [-0.1, -0.05) is 18.5 Å². The van der Waals surface area contributed by atoms with E-state index in [0.29, 0.717) is 17.0 Å². The molecule has 2 heterocycles. The maximum atomic E-state index is 5.98. The highest BCUT2D eigenvalue weighted by Gasteiger charge is 2.18. The lowest BCUT2D eigenvalue weighted by atomic mass is 9.87. The number of aromatic nitrogens is 3. The summed E-state index contributed by atoms with van der Waals surface area (Å²) in [5.41, 5.74) is 1.75. The van der Waals surface area contributed by atoms with E-state index in [1.54, 1.807) is 18.6 Å². The van der Waals surface area contributed by atoms with E-state index in [1.165, 1.54) is 25.7 Å². The fraction of sp³-hybridized carbons (Fsp3) is 0.438. The molecule has 0 saturated heterocycles. The van der Waals surface area contributed by atoms with Crippen molar-refractivity contribution in [3.05, 3.63) is 35.7 Å². The summed E-state index contributed by atoms with van der Waals surface area (Å²) in [7, 11) is 0. The molecule has 21 heavy (non-hydrogen) atoms. The molecule has 0 radical (unpaired) electrons. The Morgan fingerprint density at radius 2 is 2.00 bits per heavy atom. The highest BCUT2D eigenvalue weighted by Crippen LogP contribution is 2.26. The van der Waals surface area contributed by atoms with Crippen LogP contribution in [0.3, 0.4) is 0 Å². The van der Waals surface area contributed by atoms with Crippen LogP contribution in [0.2, 0.25) is 5.02 Å². The third-order valence-electron chi connectivity index (χ3n) is 4.01. The summed E-state index contributed by atoms with van der Waals surface area (Å²) in [5.74, 6) is 1.53. The van der Waals surface area contributed by atoms with E-state index < -0.39 is 0 Å². The molecule has 1 N–H and O–H groups in total. The van der Waals surface area contributed by atoms with Gasteiger partial charge in [-0.15, -0.1) is 0 Å². The van der Waals surface area contributed by atoms with Crippen LogP contribution in [0.25, 0.3) is 11.3 Å². The van der Waals surface area contributed by atoms with Gasteiger partial charge >= 0.3 is 0 Å². The molecule has 2 aromatic rings. The molecule has 0 atom stereocenters. The van der Waals surface area contributed by atoms with Crippen LogP contribution in [0.1, 0.15) is 32.6 Å². The number of hydrogen-bond acceptors (Lipinski definition) is 4. The lowest BCUT2D eigenvalue weighted by Gasteiger charge is -2.26. The normalized spacial score (nSPS) is 22.0. The molecule has 1 aliphatic rings. The van der Waals surface area contributed by atoms with Crippen LogP contribution in [0, 0.1) is 5.92 Å². The lowest BCUT2D eigenvalue weighted by molar-refractivity contribution is 0.360. The van der Waals surface area contributed by atoms with Crippen LogP contribution in [-0.2, 0) is 0 Å². The first-order valence-electron chi connectivity index (χ1n) is 7.41. The molecule has 0 amide bonds. The van der Waals surface area contributed by atoms with Crippen molar-refractivity contribution in [3.63, 3.8) is 0 Å². The van der Waals surface area contributed by atoms with Gasteiger partial charge in [0.25, 0.3) is 0 Å². The SMILES string of the molecule is CC1CCC(Nc2nccc(-c3cncc(Cl)c3)n2)CC1. The van der Waals surface area contributed by atoms with Crippen LogP contribution in [0.15, 0.2) is 30.7 Å². The minimum atomic E-state index is 0.480. The molecule has 0 aromatic carbocycles. The molecular formula is C16H19ClN4. The van der Waals surface area contributed by atoms with Crippen LogP contribution < -0.4 is 5.32 Å². The molecule has 1 aliphatic carbocycles. The van der Waals surface area contributed by atoms with Crippen LogP contribution in [0.4, 0.5) is 5.95 Å². The number of hydrogen-bond donors (Lipinski definition) is 1. The molecule has 4 nitrogen and oxygen atoms in total. The Bertz CT molecular complexity index is 609. The third-order valence-corrected chi connectivity index (χ3v) is 4.21. The summed E-state index contributed by atoms with van der Waals surface area (Å²) in [6.45, 7) is 2.32. The number of nitrogens with one attached hydrogen (secondary N) is 1. The van der Waals surface area contributed by atoms with E-state index in [0.717, 1.165) is 17.2 Å². The van der Waals surface area contributed by atoms with Crippen molar-refractivity contribution < 1.29 is 0 Å². The van der Waals surface area contributed by atoms with Crippen molar-refractivity contribution >= 4 is 17.5 Å². The van der Waals surface area contributed by atoms with E-state index in [4.69, 9.17) is 11.6 Å². The number of nitrogens with zero attached hydrogens (tertiary/aromatic N) is 3. The Balaban J connectivity index is 1.74. The van der Waals surface area contributed by atoms with Gasteiger partial charge < -0.3 is 5.32 Å². The van der Waals surface area contributed by atoms with Gasteiger partial charge in [-0.3, -0.25) is 4.98 Å². The summed E-state index contributed by atoms with van der Waals surface area (Å²) >= 11 is 5.98. The van der Waals surface area contributed by atoms with Gasteiger partial charge in [0, 0.05) is 30.2 Å². The minimum absolute atomic E-state index is 0.480. The number of halogens is 1. The lowest BCUT2D eigenvalue weighted by Crippen LogP contribution is -2.26. The molecule has 0 aliphatic heterocycles. The smallest absolute Gasteiger partial charge is 0.223 e. The first-order chi connectivity index (χ1) is 10.2. The maximum absolute atomic E-state index is 5.98. The zero-order chi connectivity index (χ0) is 14.7. The topological polar surface area (TPSA) is 50.7 Å². The number of pyridine rings is 1. The minimum Gasteiger partial charge on any atom is -0.351 e. The second-order valence-corrected chi connectivity index (χ2v) is 6.19. The standard InChI is InChI=1S/C16H19ClN4/c1-11-2-4-14(5-3-11)20-16-19-7-6-15(21-16)12-8-13(17)10-18-9-12/h6-11,14H,2-5H2,1H3,(H,19,20,21). The highest BCUT2D eigenvalue weighted by atomic mass is 35.5.